The zero-order chi connectivity index (χ0) is 12.5. The van der Waals surface area contributed by atoms with Crippen LogP contribution in [0.25, 0.3) is 0 Å². The molecule has 0 radical (unpaired) electrons. The van der Waals surface area contributed by atoms with E-state index < -0.39 is 0 Å². The summed E-state index contributed by atoms with van der Waals surface area (Å²) >= 11 is 5.92. The molecular weight excluding hydrogens is 234 g/mol. The Hall–Kier alpha value is -1.22. The average molecular weight is 252 g/mol. The summed E-state index contributed by atoms with van der Waals surface area (Å²) in [6.07, 6.45) is 1.05. The van der Waals surface area contributed by atoms with Gasteiger partial charge in [-0.05, 0) is 31.0 Å². The molecule has 0 amide bonds. The molecule has 1 atom stereocenters. The van der Waals surface area contributed by atoms with Gasteiger partial charge in [-0.3, -0.25) is 4.99 Å². The Bertz CT molecular complexity index is 427. The molecule has 1 heterocycles. The SMILES string of the molecule is CCCN1C(N)=NCC1(C)c1ccc(Cl)cc1. The molecule has 92 valence electrons. The topological polar surface area (TPSA) is 41.6 Å². The van der Waals surface area contributed by atoms with E-state index >= 15 is 0 Å². The summed E-state index contributed by atoms with van der Waals surface area (Å²) in [5, 5.41) is 0.756. The smallest absolute Gasteiger partial charge is 0.192 e. The van der Waals surface area contributed by atoms with Gasteiger partial charge in [-0.15, -0.1) is 0 Å². The summed E-state index contributed by atoms with van der Waals surface area (Å²) in [5.41, 5.74) is 7.03. The number of benzene rings is 1. The molecule has 1 unspecified atom stereocenters. The molecule has 1 aromatic rings. The molecule has 0 bridgehead atoms. The summed E-state index contributed by atoms with van der Waals surface area (Å²) in [7, 11) is 0. The Labute approximate surface area is 107 Å². The summed E-state index contributed by atoms with van der Waals surface area (Å²) < 4.78 is 0. The molecule has 0 saturated heterocycles. The number of rotatable bonds is 3. The van der Waals surface area contributed by atoms with Crippen LogP contribution in [-0.2, 0) is 5.54 Å². The van der Waals surface area contributed by atoms with E-state index in [9.17, 15) is 0 Å². The lowest BCUT2D eigenvalue weighted by Crippen LogP contribution is -2.47. The van der Waals surface area contributed by atoms with Crippen molar-refractivity contribution in [1.29, 1.82) is 0 Å². The summed E-state index contributed by atoms with van der Waals surface area (Å²) in [5.74, 6) is 0.643. The Morgan fingerprint density at radius 2 is 2.06 bits per heavy atom. The fourth-order valence-corrected chi connectivity index (χ4v) is 2.43. The molecule has 0 aromatic heterocycles. The first kappa shape index (κ1) is 12.2. The number of halogens is 1. The second-order valence-corrected chi connectivity index (χ2v) is 5.04. The van der Waals surface area contributed by atoms with Crippen molar-refractivity contribution in [3.8, 4) is 0 Å². The van der Waals surface area contributed by atoms with Crippen LogP contribution in [0.1, 0.15) is 25.8 Å². The van der Waals surface area contributed by atoms with Crippen molar-refractivity contribution < 1.29 is 0 Å². The molecule has 2 rings (SSSR count). The Morgan fingerprint density at radius 3 is 2.65 bits per heavy atom. The van der Waals surface area contributed by atoms with Gasteiger partial charge in [-0.1, -0.05) is 30.7 Å². The second kappa shape index (κ2) is 4.57. The molecule has 4 heteroatoms. The highest BCUT2D eigenvalue weighted by molar-refractivity contribution is 6.30. The van der Waals surface area contributed by atoms with Gasteiger partial charge in [0.15, 0.2) is 5.96 Å². The zero-order valence-corrected chi connectivity index (χ0v) is 11.0. The Morgan fingerprint density at radius 1 is 1.41 bits per heavy atom. The normalized spacial score (nSPS) is 23.9. The summed E-state index contributed by atoms with van der Waals surface area (Å²) in [4.78, 5) is 6.55. The Balaban J connectivity index is 2.32. The molecule has 3 nitrogen and oxygen atoms in total. The van der Waals surface area contributed by atoms with E-state index in [1.54, 1.807) is 0 Å². The fourth-order valence-electron chi connectivity index (χ4n) is 2.30. The second-order valence-electron chi connectivity index (χ2n) is 4.61. The van der Waals surface area contributed by atoms with Crippen LogP contribution in [-0.4, -0.2) is 23.9 Å². The van der Waals surface area contributed by atoms with Crippen LogP contribution >= 0.6 is 11.6 Å². The van der Waals surface area contributed by atoms with Crippen molar-refractivity contribution in [3.05, 3.63) is 34.9 Å². The van der Waals surface area contributed by atoms with Crippen LogP contribution in [0.2, 0.25) is 5.02 Å². The minimum absolute atomic E-state index is 0.134. The van der Waals surface area contributed by atoms with Crippen LogP contribution in [0.5, 0.6) is 0 Å². The highest BCUT2D eigenvalue weighted by Gasteiger charge is 2.38. The van der Waals surface area contributed by atoms with Gasteiger partial charge in [0.1, 0.15) is 0 Å². The molecule has 0 aliphatic carbocycles. The predicted octanol–water partition coefficient (Wildman–Crippen LogP) is 2.60. The van der Waals surface area contributed by atoms with E-state index in [0.29, 0.717) is 12.5 Å². The minimum Gasteiger partial charge on any atom is -0.370 e. The minimum atomic E-state index is -0.134. The van der Waals surface area contributed by atoms with Gasteiger partial charge in [-0.25, -0.2) is 0 Å². The number of aliphatic imine (C=N–C) groups is 1. The van der Waals surface area contributed by atoms with E-state index in [2.05, 4.69) is 35.9 Å². The molecule has 0 saturated carbocycles. The number of nitrogens with zero attached hydrogens (tertiary/aromatic N) is 2. The largest absolute Gasteiger partial charge is 0.370 e. The Kier molecular flexibility index (Phi) is 3.29. The molecule has 1 aliphatic heterocycles. The van der Waals surface area contributed by atoms with Crippen molar-refractivity contribution in [2.75, 3.05) is 13.1 Å². The number of guanidine groups is 1. The van der Waals surface area contributed by atoms with Crippen LogP contribution in [0.4, 0.5) is 0 Å². The molecule has 0 spiro atoms. The van der Waals surface area contributed by atoms with E-state index in [1.807, 2.05) is 12.1 Å². The first-order chi connectivity index (χ1) is 8.08. The van der Waals surface area contributed by atoms with E-state index in [0.717, 1.165) is 18.0 Å². The number of nitrogens with two attached hydrogens (primary N) is 1. The molecule has 2 N–H and O–H groups in total. The number of hydrogen-bond acceptors (Lipinski definition) is 3. The van der Waals surface area contributed by atoms with Crippen LogP contribution in [0.3, 0.4) is 0 Å². The van der Waals surface area contributed by atoms with E-state index in [1.165, 1.54) is 5.56 Å². The third-order valence-corrected chi connectivity index (χ3v) is 3.59. The van der Waals surface area contributed by atoms with Gasteiger partial charge in [0.25, 0.3) is 0 Å². The summed E-state index contributed by atoms with van der Waals surface area (Å²) in [6, 6.07) is 7.94. The lowest BCUT2D eigenvalue weighted by atomic mass is 9.91. The third kappa shape index (κ3) is 2.12. The lowest BCUT2D eigenvalue weighted by Gasteiger charge is -2.36. The van der Waals surface area contributed by atoms with Crippen molar-refractivity contribution in [2.24, 2.45) is 10.7 Å². The number of hydrogen-bond donors (Lipinski definition) is 1. The zero-order valence-electron chi connectivity index (χ0n) is 10.3. The molecule has 0 fully saturated rings. The highest BCUT2D eigenvalue weighted by atomic mass is 35.5. The van der Waals surface area contributed by atoms with Crippen LogP contribution in [0, 0.1) is 0 Å². The van der Waals surface area contributed by atoms with Crippen molar-refractivity contribution in [2.45, 2.75) is 25.8 Å². The van der Waals surface area contributed by atoms with Gasteiger partial charge >= 0.3 is 0 Å². The first-order valence-corrected chi connectivity index (χ1v) is 6.29. The van der Waals surface area contributed by atoms with Crippen molar-refractivity contribution in [1.82, 2.24) is 4.90 Å². The highest BCUT2D eigenvalue weighted by Crippen LogP contribution is 2.33. The predicted molar refractivity (Wildman–Crippen MR) is 72.3 cm³/mol. The fraction of sp³-hybridized carbons (Fsp3) is 0.462. The maximum atomic E-state index is 5.96. The van der Waals surface area contributed by atoms with Crippen molar-refractivity contribution >= 4 is 17.6 Å². The van der Waals surface area contributed by atoms with Gasteiger partial charge in [0, 0.05) is 11.6 Å². The maximum Gasteiger partial charge on any atom is 0.192 e. The van der Waals surface area contributed by atoms with E-state index in [4.69, 9.17) is 17.3 Å². The van der Waals surface area contributed by atoms with Gasteiger partial charge in [0.05, 0.1) is 12.1 Å². The quantitative estimate of drug-likeness (QED) is 0.897. The molecule has 17 heavy (non-hydrogen) atoms. The van der Waals surface area contributed by atoms with Gasteiger partial charge in [0.2, 0.25) is 0 Å². The maximum absolute atomic E-state index is 5.96. The van der Waals surface area contributed by atoms with E-state index in [-0.39, 0.29) is 5.54 Å². The van der Waals surface area contributed by atoms with Crippen molar-refractivity contribution in [3.63, 3.8) is 0 Å². The summed E-state index contributed by atoms with van der Waals surface area (Å²) in [6.45, 7) is 5.96. The standard InChI is InChI=1S/C13H18ClN3/c1-3-8-17-12(15)16-9-13(17,2)10-4-6-11(14)7-5-10/h4-7H,3,8-9H2,1-2H3,(H2,15,16). The van der Waals surface area contributed by atoms with Crippen LogP contribution in [0.15, 0.2) is 29.3 Å². The average Bonchev–Trinajstić information content (AvgIpc) is 2.60. The lowest BCUT2D eigenvalue weighted by molar-refractivity contribution is 0.225. The monoisotopic (exact) mass is 251 g/mol. The third-order valence-electron chi connectivity index (χ3n) is 3.33. The molecular formula is C13H18ClN3. The van der Waals surface area contributed by atoms with Gasteiger partial charge < -0.3 is 10.6 Å². The van der Waals surface area contributed by atoms with Gasteiger partial charge in [-0.2, -0.15) is 0 Å². The molecule has 1 aliphatic rings. The first-order valence-electron chi connectivity index (χ1n) is 5.91. The molecule has 1 aromatic carbocycles. The van der Waals surface area contributed by atoms with Crippen LogP contribution < -0.4 is 5.73 Å².